The van der Waals surface area contributed by atoms with Crippen molar-refractivity contribution in [1.82, 2.24) is 9.97 Å². The molecule has 1 aliphatic rings. The molecule has 1 aromatic heterocycles. The second-order valence-corrected chi connectivity index (χ2v) is 5.61. The molecule has 1 N–H and O–H groups in total. The first kappa shape index (κ1) is 14.0. The zero-order valence-corrected chi connectivity index (χ0v) is 11.7. The van der Waals surface area contributed by atoms with Gasteiger partial charge in [0.1, 0.15) is 6.20 Å². The van der Waals surface area contributed by atoms with E-state index in [1.54, 1.807) is 0 Å². The maximum atomic E-state index is 11.0. The first-order chi connectivity index (χ1) is 8.97. The average Bonchev–Trinajstić information content (AvgIpc) is 2.32. The van der Waals surface area contributed by atoms with E-state index < -0.39 is 4.92 Å². The molecule has 0 aliphatic heterocycles. The molecule has 0 amide bonds. The molecule has 3 atom stereocenters. The fourth-order valence-corrected chi connectivity index (χ4v) is 2.78. The molecule has 1 aromatic rings. The molecule has 0 aromatic carbocycles. The Morgan fingerprint density at radius 3 is 2.84 bits per heavy atom. The van der Waals surface area contributed by atoms with Gasteiger partial charge in [0.05, 0.1) is 4.92 Å². The predicted molar refractivity (Wildman–Crippen MR) is 73.3 cm³/mol. The Morgan fingerprint density at radius 2 is 2.21 bits per heavy atom. The number of nitrogens with one attached hydrogen (secondary N) is 1. The lowest BCUT2D eigenvalue weighted by Crippen LogP contribution is -2.33. The summed E-state index contributed by atoms with van der Waals surface area (Å²) in [5, 5.41) is 14.1. The Bertz CT molecular complexity index is 483. The molecule has 7 heteroatoms. The smallest absolute Gasteiger partial charge is 0.329 e. The van der Waals surface area contributed by atoms with Crippen LogP contribution < -0.4 is 5.32 Å². The minimum atomic E-state index is -0.491. The SMILES string of the molecule is CC1CCC(Nc2nc(Cl)ncc2[N+](=O)[O-])C(C)C1. The summed E-state index contributed by atoms with van der Waals surface area (Å²) in [5.41, 5.74) is -0.129. The zero-order chi connectivity index (χ0) is 14.0. The number of aromatic nitrogens is 2. The van der Waals surface area contributed by atoms with Gasteiger partial charge in [0.25, 0.3) is 0 Å². The van der Waals surface area contributed by atoms with Crippen molar-refractivity contribution in [3.63, 3.8) is 0 Å². The highest BCUT2D eigenvalue weighted by Gasteiger charge is 2.28. The molecule has 2 rings (SSSR count). The first-order valence-corrected chi connectivity index (χ1v) is 6.78. The molecule has 1 heterocycles. The highest BCUT2D eigenvalue weighted by molar-refractivity contribution is 6.28. The predicted octanol–water partition coefficient (Wildman–Crippen LogP) is 3.27. The van der Waals surface area contributed by atoms with E-state index >= 15 is 0 Å². The molecule has 0 spiro atoms. The van der Waals surface area contributed by atoms with E-state index in [0.717, 1.165) is 25.5 Å². The lowest BCUT2D eigenvalue weighted by Gasteiger charge is -2.33. The van der Waals surface area contributed by atoms with Crippen LogP contribution in [0.25, 0.3) is 0 Å². The summed E-state index contributed by atoms with van der Waals surface area (Å²) in [7, 11) is 0. The van der Waals surface area contributed by atoms with Crippen LogP contribution in [0.4, 0.5) is 11.5 Å². The van der Waals surface area contributed by atoms with Crippen molar-refractivity contribution in [3.8, 4) is 0 Å². The summed E-state index contributed by atoms with van der Waals surface area (Å²) >= 11 is 5.71. The van der Waals surface area contributed by atoms with E-state index in [-0.39, 0.29) is 22.8 Å². The quantitative estimate of drug-likeness (QED) is 0.523. The monoisotopic (exact) mass is 284 g/mol. The summed E-state index contributed by atoms with van der Waals surface area (Å²) in [6.07, 6.45) is 4.37. The van der Waals surface area contributed by atoms with E-state index in [9.17, 15) is 10.1 Å². The van der Waals surface area contributed by atoms with Crippen molar-refractivity contribution < 1.29 is 4.92 Å². The Labute approximate surface area is 116 Å². The third kappa shape index (κ3) is 3.32. The highest BCUT2D eigenvalue weighted by atomic mass is 35.5. The van der Waals surface area contributed by atoms with Crippen LogP contribution in [0.2, 0.25) is 5.28 Å². The van der Waals surface area contributed by atoms with Crippen molar-refractivity contribution in [1.29, 1.82) is 0 Å². The van der Waals surface area contributed by atoms with Gasteiger partial charge in [0.2, 0.25) is 11.1 Å². The molecule has 6 nitrogen and oxygen atoms in total. The van der Waals surface area contributed by atoms with Gasteiger partial charge in [-0.25, -0.2) is 4.98 Å². The van der Waals surface area contributed by atoms with Crippen molar-refractivity contribution in [3.05, 3.63) is 21.6 Å². The summed E-state index contributed by atoms with van der Waals surface area (Å²) in [4.78, 5) is 18.1. The third-order valence-electron chi connectivity index (χ3n) is 3.69. The summed E-state index contributed by atoms with van der Waals surface area (Å²) in [5.74, 6) is 1.38. The van der Waals surface area contributed by atoms with Crippen molar-refractivity contribution in [2.75, 3.05) is 5.32 Å². The van der Waals surface area contributed by atoms with E-state index in [1.165, 1.54) is 0 Å². The van der Waals surface area contributed by atoms with Gasteiger partial charge in [-0.1, -0.05) is 13.8 Å². The number of anilines is 1. The first-order valence-electron chi connectivity index (χ1n) is 6.41. The van der Waals surface area contributed by atoms with Crippen molar-refractivity contribution in [2.24, 2.45) is 11.8 Å². The summed E-state index contributed by atoms with van der Waals surface area (Å²) < 4.78 is 0. The van der Waals surface area contributed by atoms with Gasteiger partial charge in [-0.3, -0.25) is 10.1 Å². The molecule has 104 valence electrons. The molecule has 19 heavy (non-hydrogen) atoms. The van der Waals surface area contributed by atoms with E-state index in [0.29, 0.717) is 11.8 Å². The van der Waals surface area contributed by atoms with Gasteiger partial charge in [0.15, 0.2) is 0 Å². The molecular formula is C12H17ClN4O2. The van der Waals surface area contributed by atoms with Gasteiger partial charge in [-0.15, -0.1) is 0 Å². The number of rotatable bonds is 3. The molecule has 0 saturated heterocycles. The van der Waals surface area contributed by atoms with Crippen LogP contribution in [0, 0.1) is 22.0 Å². The van der Waals surface area contributed by atoms with Crippen LogP contribution in [0.15, 0.2) is 6.20 Å². The van der Waals surface area contributed by atoms with Crippen LogP contribution in [0.5, 0.6) is 0 Å². The van der Waals surface area contributed by atoms with Crippen LogP contribution in [-0.4, -0.2) is 20.9 Å². The number of hydrogen-bond donors (Lipinski definition) is 1. The van der Waals surface area contributed by atoms with Crippen LogP contribution >= 0.6 is 11.6 Å². The van der Waals surface area contributed by atoms with Crippen molar-refractivity contribution >= 4 is 23.1 Å². The maximum Gasteiger partial charge on any atom is 0.329 e. The number of nitro groups is 1. The van der Waals surface area contributed by atoms with Gasteiger partial charge in [-0.2, -0.15) is 4.98 Å². The molecule has 1 saturated carbocycles. The molecule has 1 fully saturated rings. The van der Waals surface area contributed by atoms with E-state index in [1.807, 2.05) is 0 Å². The fourth-order valence-electron chi connectivity index (χ4n) is 2.65. The van der Waals surface area contributed by atoms with Gasteiger partial charge in [-0.05, 0) is 42.7 Å². The minimum absolute atomic E-state index is 0.0185. The number of hydrogen-bond acceptors (Lipinski definition) is 5. The maximum absolute atomic E-state index is 11.0. The van der Waals surface area contributed by atoms with Crippen LogP contribution in [0.3, 0.4) is 0 Å². The molecular weight excluding hydrogens is 268 g/mol. The normalized spacial score (nSPS) is 27.0. The topological polar surface area (TPSA) is 81.0 Å². The van der Waals surface area contributed by atoms with Gasteiger partial charge in [0, 0.05) is 6.04 Å². The highest BCUT2D eigenvalue weighted by Crippen LogP contribution is 2.32. The van der Waals surface area contributed by atoms with E-state index in [2.05, 4.69) is 29.1 Å². The van der Waals surface area contributed by atoms with Crippen molar-refractivity contribution in [2.45, 2.75) is 39.2 Å². The largest absolute Gasteiger partial charge is 0.361 e. The number of nitrogens with zero attached hydrogens (tertiary/aromatic N) is 3. The Hall–Kier alpha value is -1.43. The second-order valence-electron chi connectivity index (χ2n) is 5.28. The Balaban J connectivity index is 2.18. The zero-order valence-electron chi connectivity index (χ0n) is 11.0. The number of halogens is 1. The third-order valence-corrected chi connectivity index (χ3v) is 3.87. The van der Waals surface area contributed by atoms with Gasteiger partial charge >= 0.3 is 5.69 Å². The van der Waals surface area contributed by atoms with Crippen LogP contribution in [-0.2, 0) is 0 Å². The summed E-state index contributed by atoms with van der Waals surface area (Å²) in [6.45, 7) is 4.39. The minimum Gasteiger partial charge on any atom is -0.361 e. The summed E-state index contributed by atoms with van der Waals surface area (Å²) in [6, 6.07) is 0.195. The molecule has 1 aliphatic carbocycles. The lowest BCUT2D eigenvalue weighted by molar-refractivity contribution is -0.384. The Morgan fingerprint density at radius 1 is 1.47 bits per heavy atom. The van der Waals surface area contributed by atoms with Crippen LogP contribution in [0.1, 0.15) is 33.1 Å². The second kappa shape index (κ2) is 5.69. The van der Waals surface area contributed by atoms with Gasteiger partial charge < -0.3 is 5.32 Å². The molecule has 3 unspecified atom stereocenters. The standard InChI is InChI=1S/C12H17ClN4O2/c1-7-3-4-9(8(2)5-7)15-11-10(17(18)19)6-14-12(13)16-11/h6-9H,3-5H2,1-2H3,(H,14,15,16). The molecule has 0 bridgehead atoms. The molecule has 0 radical (unpaired) electrons. The average molecular weight is 285 g/mol. The fraction of sp³-hybridized carbons (Fsp3) is 0.667. The van der Waals surface area contributed by atoms with E-state index in [4.69, 9.17) is 11.6 Å². The lowest BCUT2D eigenvalue weighted by atomic mass is 9.80. The Kier molecular flexibility index (Phi) is 4.19.